The third-order valence-electron chi connectivity index (χ3n) is 3.60. The van der Waals surface area contributed by atoms with Crippen molar-refractivity contribution in [2.24, 2.45) is 0 Å². The third kappa shape index (κ3) is 21.3. The van der Waals surface area contributed by atoms with Crippen LogP contribution in [0.5, 0.6) is 0 Å². The van der Waals surface area contributed by atoms with Gasteiger partial charge in [-0.25, -0.2) is 0 Å². The maximum atomic E-state index is 11.7. The molecule has 0 radical (unpaired) electrons. The molecule has 130 valence electrons. The summed E-state index contributed by atoms with van der Waals surface area (Å²) in [6, 6.07) is 0. The van der Waals surface area contributed by atoms with Crippen molar-refractivity contribution < 1.29 is 79.7 Å². The van der Waals surface area contributed by atoms with Crippen LogP contribution in [0.1, 0.15) is 74.0 Å². The first-order chi connectivity index (χ1) is 9.87. The maximum absolute atomic E-state index is 11.7. The smallest absolute Gasteiger partial charge is 1.00 e. The predicted molar refractivity (Wildman–Crippen MR) is 88.1 cm³/mol. The SMILES string of the molecule is CCCCCCCCCCCC(=O)N(C)CCS(=O)(=O)O.[H-].[H-].[Na+].[Na+]. The predicted octanol–water partition coefficient (Wildman–Crippen LogP) is -2.51. The first-order valence-corrected chi connectivity index (χ1v) is 9.67. The van der Waals surface area contributed by atoms with Crippen LogP contribution in [0.4, 0.5) is 0 Å². The van der Waals surface area contributed by atoms with Gasteiger partial charge in [-0.15, -0.1) is 0 Å². The zero-order valence-electron chi connectivity index (χ0n) is 17.5. The largest absolute Gasteiger partial charge is 1.00 e. The Balaban J connectivity index is -0.000000333. The zero-order chi connectivity index (χ0) is 16.1. The normalized spacial score (nSPS) is 10.6. The molecule has 0 aromatic heterocycles. The molecule has 0 aliphatic rings. The van der Waals surface area contributed by atoms with Crippen LogP contribution < -0.4 is 59.1 Å². The maximum Gasteiger partial charge on any atom is 1.00 e. The van der Waals surface area contributed by atoms with E-state index in [-0.39, 0.29) is 74.4 Å². The molecule has 0 atom stereocenters. The minimum Gasteiger partial charge on any atom is -1.00 e. The average Bonchev–Trinajstić information content (AvgIpc) is 2.41. The molecule has 0 saturated carbocycles. The van der Waals surface area contributed by atoms with Crippen molar-refractivity contribution in [1.82, 2.24) is 4.90 Å². The quantitative estimate of drug-likeness (QED) is 0.221. The van der Waals surface area contributed by atoms with Gasteiger partial charge >= 0.3 is 59.1 Å². The second-order valence-corrected chi connectivity index (χ2v) is 7.25. The minimum absolute atomic E-state index is 0. The number of amides is 1. The van der Waals surface area contributed by atoms with E-state index in [2.05, 4.69) is 6.92 Å². The van der Waals surface area contributed by atoms with Crippen LogP contribution in [0.2, 0.25) is 0 Å². The average molecular weight is 369 g/mol. The van der Waals surface area contributed by atoms with Gasteiger partial charge in [0.05, 0.1) is 5.75 Å². The van der Waals surface area contributed by atoms with Crippen LogP contribution in [0.25, 0.3) is 0 Å². The summed E-state index contributed by atoms with van der Waals surface area (Å²) in [6.07, 6.45) is 11.3. The van der Waals surface area contributed by atoms with Gasteiger partial charge < -0.3 is 7.75 Å². The molecular weight excluding hydrogens is 336 g/mol. The summed E-state index contributed by atoms with van der Waals surface area (Å²) in [5, 5.41) is 0. The minimum atomic E-state index is -3.99. The van der Waals surface area contributed by atoms with E-state index in [1.165, 1.54) is 43.4 Å². The summed E-state index contributed by atoms with van der Waals surface area (Å²) in [7, 11) is -2.42. The van der Waals surface area contributed by atoms with Gasteiger partial charge in [0.25, 0.3) is 10.1 Å². The van der Waals surface area contributed by atoms with Crippen molar-refractivity contribution >= 4 is 16.0 Å². The summed E-state index contributed by atoms with van der Waals surface area (Å²) < 4.78 is 29.8. The van der Waals surface area contributed by atoms with Gasteiger partial charge in [0.2, 0.25) is 5.91 Å². The first-order valence-electron chi connectivity index (χ1n) is 8.06. The molecule has 0 fully saturated rings. The Kier molecular flexibility index (Phi) is 23.0. The van der Waals surface area contributed by atoms with E-state index in [0.29, 0.717) is 6.42 Å². The second-order valence-electron chi connectivity index (χ2n) is 5.68. The van der Waals surface area contributed by atoms with Crippen LogP contribution in [0.3, 0.4) is 0 Å². The van der Waals surface area contributed by atoms with Crippen LogP contribution >= 0.6 is 0 Å². The van der Waals surface area contributed by atoms with Crippen molar-refractivity contribution in [3.05, 3.63) is 0 Å². The Morgan fingerprint density at radius 3 is 1.83 bits per heavy atom. The van der Waals surface area contributed by atoms with Gasteiger partial charge in [0, 0.05) is 20.0 Å². The van der Waals surface area contributed by atoms with E-state index >= 15 is 0 Å². The Labute approximate surface area is 189 Å². The number of unbranched alkanes of at least 4 members (excludes halogenated alkanes) is 8. The molecule has 0 unspecified atom stereocenters. The van der Waals surface area contributed by atoms with Gasteiger partial charge in [0.15, 0.2) is 0 Å². The number of carbonyl (C=O) groups excluding carboxylic acids is 1. The summed E-state index contributed by atoms with van der Waals surface area (Å²) >= 11 is 0. The van der Waals surface area contributed by atoms with Gasteiger partial charge in [-0.3, -0.25) is 9.35 Å². The van der Waals surface area contributed by atoms with Crippen molar-refractivity contribution in [2.75, 3.05) is 19.3 Å². The second kappa shape index (κ2) is 18.2. The standard InChI is InChI=1S/C15H31NO4S.2Na.2H/c1-3-4-5-6-7-8-9-10-11-12-15(17)16(2)13-14-21(18,19)20;;;;/h3-14H2,1-2H3,(H,18,19,20);;;;/q;2*+1;2*-1. The van der Waals surface area contributed by atoms with E-state index in [1.54, 1.807) is 7.05 Å². The number of rotatable bonds is 13. The number of nitrogens with zero attached hydrogens (tertiary/aromatic N) is 1. The Hall–Kier alpha value is 1.38. The molecule has 0 aliphatic heterocycles. The Morgan fingerprint density at radius 1 is 0.957 bits per heavy atom. The van der Waals surface area contributed by atoms with E-state index in [1.807, 2.05) is 0 Å². The third-order valence-corrected chi connectivity index (χ3v) is 4.30. The molecular formula is C15H33NNa2O4S. The molecule has 1 N–H and O–H groups in total. The Morgan fingerprint density at radius 2 is 1.39 bits per heavy atom. The molecule has 5 nitrogen and oxygen atoms in total. The van der Waals surface area contributed by atoms with Crippen molar-refractivity contribution in [3.8, 4) is 0 Å². The fourth-order valence-electron chi connectivity index (χ4n) is 2.15. The summed E-state index contributed by atoms with van der Waals surface area (Å²) in [4.78, 5) is 13.1. The van der Waals surface area contributed by atoms with E-state index in [9.17, 15) is 13.2 Å². The molecule has 0 saturated heterocycles. The molecule has 0 heterocycles. The first kappa shape index (κ1) is 29.2. The van der Waals surface area contributed by atoms with Gasteiger partial charge in [0.1, 0.15) is 0 Å². The van der Waals surface area contributed by atoms with Crippen molar-refractivity contribution in [2.45, 2.75) is 71.1 Å². The molecule has 0 aromatic rings. The molecule has 1 amide bonds. The summed E-state index contributed by atoms with van der Waals surface area (Å²) in [6.45, 7) is 2.26. The Bertz CT molecular complexity index is 388. The van der Waals surface area contributed by atoms with Crippen molar-refractivity contribution in [3.63, 3.8) is 0 Å². The summed E-state index contributed by atoms with van der Waals surface area (Å²) in [5.41, 5.74) is 0. The van der Waals surface area contributed by atoms with Crippen LogP contribution in [-0.2, 0) is 14.9 Å². The van der Waals surface area contributed by atoms with E-state index in [0.717, 1.165) is 19.3 Å². The summed E-state index contributed by atoms with van der Waals surface area (Å²) in [5.74, 6) is -0.450. The molecule has 0 rings (SSSR count). The topological polar surface area (TPSA) is 74.7 Å². The van der Waals surface area contributed by atoms with Gasteiger partial charge in [-0.2, -0.15) is 8.42 Å². The van der Waals surface area contributed by atoms with E-state index in [4.69, 9.17) is 4.55 Å². The molecule has 0 aliphatic carbocycles. The molecule has 0 bridgehead atoms. The van der Waals surface area contributed by atoms with E-state index < -0.39 is 15.9 Å². The zero-order valence-corrected chi connectivity index (χ0v) is 20.3. The van der Waals surface area contributed by atoms with Crippen molar-refractivity contribution in [1.29, 1.82) is 0 Å². The molecule has 23 heavy (non-hydrogen) atoms. The molecule has 0 spiro atoms. The molecule has 0 aromatic carbocycles. The fourth-order valence-corrected chi connectivity index (χ4v) is 2.66. The van der Waals surface area contributed by atoms with Crippen LogP contribution in [0, 0.1) is 0 Å². The number of hydrogen-bond donors (Lipinski definition) is 1. The fraction of sp³-hybridized carbons (Fsp3) is 0.933. The number of carbonyl (C=O) groups is 1. The van der Waals surface area contributed by atoms with Crippen LogP contribution in [0.15, 0.2) is 0 Å². The van der Waals surface area contributed by atoms with Crippen LogP contribution in [-0.4, -0.2) is 43.1 Å². The number of hydrogen-bond acceptors (Lipinski definition) is 3. The monoisotopic (exact) mass is 369 g/mol. The van der Waals surface area contributed by atoms with Gasteiger partial charge in [-0.05, 0) is 6.42 Å². The van der Waals surface area contributed by atoms with Gasteiger partial charge in [-0.1, -0.05) is 58.3 Å². The molecule has 8 heteroatoms.